The highest BCUT2D eigenvalue weighted by Gasteiger charge is 2.15. The summed E-state index contributed by atoms with van der Waals surface area (Å²) in [6.45, 7) is 4.02. The third-order valence-electron chi connectivity index (χ3n) is 3.80. The van der Waals surface area contributed by atoms with E-state index < -0.39 is 0 Å². The summed E-state index contributed by atoms with van der Waals surface area (Å²) in [5, 5.41) is 0.713. The van der Waals surface area contributed by atoms with Crippen molar-refractivity contribution in [3.05, 3.63) is 46.5 Å². The minimum absolute atomic E-state index is 0. The fourth-order valence-electron chi connectivity index (χ4n) is 2.58. The van der Waals surface area contributed by atoms with Crippen LogP contribution in [0.25, 0.3) is 11.0 Å². The van der Waals surface area contributed by atoms with Crippen LogP contribution in [0.2, 0.25) is 0 Å². The zero-order valence-electron chi connectivity index (χ0n) is 13.0. The van der Waals surface area contributed by atoms with Gasteiger partial charge < -0.3 is 17.2 Å². The molecule has 3 rings (SSSR count). The quantitative estimate of drug-likeness (QED) is 0.664. The normalized spacial score (nSPS) is 10.5. The third-order valence-corrected chi connectivity index (χ3v) is 3.80. The summed E-state index contributed by atoms with van der Waals surface area (Å²) in [5.41, 5.74) is 22.4. The number of pyridine rings is 1. The molecule has 1 aromatic carbocycles. The minimum atomic E-state index is 0. The highest BCUT2D eigenvalue weighted by molar-refractivity contribution is 5.91. The first kappa shape index (κ1) is 16.8. The number of anilines is 3. The molecule has 6 N–H and O–H groups in total. The van der Waals surface area contributed by atoms with E-state index in [-0.39, 0.29) is 18.4 Å². The van der Waals surface area contributed by atoms with Crippen LogP contribution in [0, 0.1) is 13.8 Å². The van der Waals surface area contributed by atoms with Crippen molar-refractivity contribution in [1.29, 1.82) is 0 Å². The van der Waals surface area contributed by atoms with Gasteiger partial charge in [-0.2, -0.15) is 9.97 Å². The lowest BCUT2D eigenvalue weighted by atomic mass is 9.98. The van der Waals surface area contributed by atoms with Crippen LogP contribution in [0.4, 0.5) is 17.6 Å². The second kappa shape index (κ2) is 6.26. The topological polar surface area (TPSA) is 117 Å². The molecule has 0 saturated heterocycles. The summed E-state index contributed by atoms with van der Waals surface area (Å²) in [6.07, 6.45) is 0.685. The molecular formula is C16H19ClN6. The molecule has 0 aliphatic heterocycles. The number of nitrogens with two attached hydrogens (primary N) is 3. The SMILES string of the molecule is Cc1ccc(Cc2c(N)nc3nc(N)nc(N)c3c2C)cc1.Cl. The first-order valence-corrected chi connectivity index (χ1v) is 6.99. The first-order valence-electron chi connectivity index (χ1n) is 6.99. The largest absolute Gasteiger partial charge is 0.383 e. The van der Waals surface area contributed by atoms with Gasteiger partial charge in [-0.1, -0.05) is 29.8 Å². The molecule has 0 saturated carbocycles. The van der Waals surface area contributed by atoms with E-state index in [0.717, 1.165) is 16.7 Å². The van der Waals surface area contributed by atoms with Crippen molar-refractivity contribution < 1.29 is 0 Å². The molecule has 0 spiro atoms. The van der Waals surface area contributed by atoms with Crippen molar-refractivity contribution in [2.75, 3.05) is 17.2 Å². The Balaban J connectivity index is 0.00000192. The van der Waals surface area contributed by atoms with Gasteiger partial charge >= 0.3 is 0 Å². The maximum atomic E-state index is 6.11. The number of aryl methyl sites for hydroxylation is 2. The molecule has 0 aliphatic rings. The minimum Gasteiger partial charge on any atom is -0.383 e. The van der Waals surface area contributed by atoms with Crippen molar-refractivity contribution >= 4 is 41.0 Å². The van der Waals surface area contributed by atoms with E-state index >= 15 is 0 Å². The zero-order chi connectivity index (χ0) is 15.9. The maximum absolute atomic E-state index is 6.11. The molecule has 6 nitrogen and oxygen atoms in total. The number of halogens is 1. The number of aromatic nitrogens is 3. The standard InChI is InChI=1S/C16H18N6.ClH/c1-8-3-5-10(6-4-8)7-11-9(2)12-14(18)21-16(19)22-15(12)20-13(11)17;/h3-6H,7H2,1-2H3,(H6,17,18,19,20,21,22);1H. The number of nitrogen functional groups attached to an aromatic ring is 3. The fourth-order valence-corrected chi connectivity index (χ4v) is 2.58. The predicted octanol–water partition coefficient (Wildman–Crippen LogP) is 2.40. The van der Waals surface area contributed by atoms with Gasteiger partial charge in [-0.3, -0.25) is 0 Å². The van der Waals surface area contributed by atoms with E-state index in [1.807, 2.05) is 6.92 Å². The van der Waals surface area contributed by atoms with Gasteiger partial charge in [0.2, 0.25) is 5.95 Å². The summed E-state index contributed by atoms with van der Waals surface area (Å²) in [7, 11) is 0. The Hall–Kier alpha value is -2.60. The van der Waals surface area contributed by atoms with Crippen molar-refractivity contribution in [2.24, 2.45) is 0 Å². The van der Waals surface area contributed by atoms with Crippen molar-refractivity contribution in [2.45, 2.75) is 20.3 Å². The molecule has 7 heteroatoms. The molecule has 0 radical (unpaired) electrons. The van der Waals surface area contributed by atoms with Crippen LogP contribution in [-0.4, -0.2) is 15.0 Å². The van der Waals surface area contributed by atoms with Crippen LogP contribution in [0.1, 0.15) is 22.3 Å². The average molecular weight is 331 g/mol. The summed E-state index contributed by atoms with van der Waals surface area (Å²) >= 11 is 0. The van der Waals surface area contributed by atoms with E-state index in [0.29, 0.717) is 29.1 Å². The van der Waals surface area contributed by atoms with Gasteiger partial charge in [-0.15, -0.1) is 12.4 Å². The fraction of sp³-hybridized carbons (Fsp3) is 0.188. The molecule has 0 bridgehead atoms. The van der Waals surface area contributed by atoms with Crippen LogP contribution >= 0.6 is 12.4 Å². The van der Waals surface area contributed by atoms with Gasteiger partial charge in [-0.25, -0.2) is 4.98 Å². The molecule has 23 heavy (non-hydrogen) atoms. The van der Waals surface area contributed by atoms with Crippen molar-refractivity contribution in [3.8, 4) is 0 Å². The predicted molar refractivity (Wildman–Crippen MR) is 96.5 cm³/mol. The van der Waals surface area contributed by atoms with E-state index in [2.05, 4.69) is 46.1 Å². The Morgan fingerprint density at radius 3 is 2.17 bits per heavy atom. The van der Waals surface area contributed by atoms with Gasteiger partial charge in [0.15, 0.2) is 5.65 Å². The Kier molecular flexibility index (Phi) is 4.56. The highest BCUT2D eigenvalue weighted by Crippen LogP contribution is 2.29. The molecule has 120 valence electrons. The second-order valence-corrected chi connectivity index (χ2v) is 5.43. The van der Waals surface area contributed by atoms with Crippen LogP contribution in [-0.2, 0) is 6.42 Å². The molecule has 0 atom stereocenters. The molecule has 0 unspecified atom stereocenters. The smallest absolute Gasteiger partial charge is 0.224 e. The van der Waals surface area contributed by atoms with Crippen molar-refractivity contribution in [3.63, 3.8) is 0 Å². The van der Waals surface area contributed by atoms with Gasteiger partial charge in [0, 0.05) is 12.0 Å². The number of fused-ring (bicyclic) bond motifs is 1. The van der Waals surface area contributed by atoms with Gasteiger partial charge in [0.25, 0.3) is 0 Å². The van der Waals surface area contributed by atoms with Crippen molar-refractivity contribution in [1.82, 2.24) is 15.0 Å². The number of benzene rings is 1. The molecule has 0 amide bonds. The van der Waals surface area contributed by atoms with Gasteiger partial charge in [0.1, 0.15) is 11.6 Å². The summed E-state index contributed by atoms with van der Waals surface area (Å²) in [4.78, 5) is 12.5. The number of nitrogens with zero attached hydrogens (tertiary/aromatic N) is 3. The number of hydrogen-bond donors (Lipinski definition) is 3. The van der Waals surface area contributed by atoms with E-state index in [9.17, 15) is 0 Å². The van der Waals surface area contributed by atoms with E-state index in [4.69, 9.17) is 17.2 Å². The van der Waals surface area contributed by atoms with Gasteiger partial charge in [-0.05, 0) is 25.0 Å². The third kappa shape index (κ3) is 3.12. The monoisotopic (exact) mass is 330 g/mol. The molecule has 2 heterocycles. The average Bonchev–Trinajstić information content (AvgIpc) is 2.44. The van der Waals surface area contributed by atoms with Crippen LogP contribution in [0.15, 0.2) is 24.3 Å². The summed E-state index contributed by atoms with van der Waals surface area (Å²) in [5.74, 6) is 0.878. The maximum Gasteiger partial charge on any atom is 0.224 e. The molecule has 3 aromatic rings. The zero-order valence-corrected chi connectivity index (χ0v) is 13.8. The lowest BCUT2D eigenvalue weighted by Crippen LogP contribution is -2.08. The second-order valence-electron chi connectivity index (χ2n) is 5.43. The molecule has 0 fully saturated rings. The number of rotatable bonds is 2. The van der Waals surface area contributed by atoms with E-state index in [1.165, 1.54) is 5.56 Å². The Bertz CT molecular complexity index is 861. The van der Waals surface area contributed by atoms with E-state index in [1.54, 1.807) is 0 Å². The molecule has 0 aliphatic carbocycles. The first-order chi connectivity index (χ1) is 10.5. The molecular weight excluding hydrogens is 312 g/mol. The Morgan fingerprint density at radius 1 is 0.870 bits per heavy atom. The van der Waals surface area contributed by atoms with Gasteiger partial charge in [0.05, 0.1) is 5.39 Å². The van der Waals surface area contributed by atoms with Crippen LogP contribution < -0.4 is 17.2 Å². The summed E-state index contributed by atoms with van der Waals surface area (Å²) < 4.78 is 0. The summed E-state index contributed by atoms with van der Waals surface area (Å²) in [6, 6.07) is 8.32. The Morgan fingerprint density at radius 2 is 1.52 bits per heavy atom. The Labute approximate surface area is 140 Å². The van der Waals surface area contributed by atoms with Crippen LogP contribution in [0.5, 0.6) is 0 Å². The number of hydrogen-bond acceptors (Lipinski definition) is 6. The molecule has 2 aromatic heterocycles. The van der Waals surface area contributed by atoms with Crippen LogP contribution in [0.3, 0.4) is 0 Å². The lowest BCUT2D eigenvalue weighted by molar-refractivity contribution is 1.12. The lowest BCUT2D eigenvalue weighted by Gasteiger charge is -2.13. The highest BCUT2D eigenvalue weighted by atomic mass is 35.5.